The number of hydrogen-bond acceptors (Lipinski definition) is 5. The van der Waals surface area contributed by atoms with Gasteiger partial charge in [-0.05, 0) is 18.5 Å². The number of nitrogens with two attached hydrogens (primary N) is 1. The Labute approximate surface area is 113 Å². The Bertz CT molecular complexity index is 483. The van der Waals surface area contributed by atoms with Gasteiger partial charge >= 0.3 is 0 Å². The molecule has 0 unspecified atom stereocenters. The summed E-state index contributed by atoms with van der Waals surface area (Å²) in [7, 11) is 0. The summed E-state index contributed by atoms with van der Waals surface area (Å²) in [6, 6.07) is 10.4. The van der Waals surface area contributed by atoms with E-state index in [4.69, 9.17) is 10.2 Å². The van der Waals surface area contributed by atoms with Crippen molar-refractivity contribution < 1.29 is 4.42 Å². The van der Waals surface area contributed by atoms with Gasteiger partial charge in [-0.25, -0.2) is 0 Å². The zero-order chi connectivity index (χ0) is 13.5. The van der Waals surface area contributed by atoms with Crippen molar-refractivity contribution in [1.29, 1.82) is 0 Å². The van der Waals surface area contributed by atoms with Crippen LogP contribution in [0, 0.1) is 6.92 Å². The van der Waals surface area contributed by atoms with E-state index in [0.717, 1.165) is 19.5 Å². The van der Waals surface area contributed by atoms with Gasteiger partial charge in [0.2, 0.25) is 11.8 Å². The average Bonchev–Trinajstić information content (AvgIpc) is 2.82. The van der Waals surface area contributed by atoms with Gasteiger partial charge in [0.25, 0.3) is 0 Å². The lowest BCUT2D eigenvalue weighted by Crippen LogP contribution is -2.25. The molecule has 0 aliphatic rings. The van der Waals surface area contributed by atoms with E-state index in [-0.39, 0.29) is 0 Å². The van der Waals surface area contributed by atoms with Gasteiger partial charge in [0.05, 0.1) is 6.54 Å². The summed E-state index contributed by atoms with van der Waals surface area (Å²) in [5, 5.41) is 7.90. The normalized spacial score (nSPS) is 11.1. The summed E-state index contributed by atoms with van der Waals surface area (Å²) in [4.78, 5) is 2.27. The van der Waals surface area contributed by atoms with Crippen LogP contribution in [0.1, 0.15) is 23.8 Å². The Morgan fingerprint density at radius 2 is 1.95 bits per heavy atom. The van der Waals surface area contributed by atoms with Crippen molar-refractivity contribution in [3.63, 3.8) is 0 Å². The Hall–Kier alpha value is -1.72. The first kappa shape index (κ1) is 13.7. The molecule has 0 radical (unpaired) electrons. The lowest BCUT2D eigenvalue weighted by atomic mass is 10.2. The van der Waals surface area contributed by atoms with Crippen LogP contribution in [0.15, 0.2) is 34.7 Å². The molecule has 0 aliphatic carbocycles. The van der Waals surface area contributed by atoms with Crippen molar-refractivity contribution in [2.24, 2.45) is 5.73 Å². The zero-order valence-corrected chi connectivity index (χ0v) is 11.2. The number of benzene rings is 1. The van der Waals surface area contributed by atoms with Gasteiger partial charge in [-0.15, -0.1) is 10.2 Å². The number of rotatable bonds is 7. The maximum atomic E-state index is 5.59. The molecule has 1 aromatic heterocycles. The lowest BCUT2D eigenvalue weighted by molar-refractivity contribution is 0.228. The van der Waals surface area contributed by atoms with Gasteiger partial charge in [-0.1, -0.05) is 30.3 Å². The minimum atomic E-state index is 0.605. The molecule has 1 aromatic carbocycles. The molecule has 2 N–H and O–H groups in total. The highest BCUT2D eigenvalue weighted by molar-refractivity contribution is 5.14. The van der Waals surface area contributed by atoms with Crippen LogP contribution in [-0.4, -0.2) is 28.2 Å². The lowest BCUT2D eigenvalue weighted by Gasteiger charge is -2.20. The summed E-state index contributed by atoms with van der Waals surface area (Å²) >= 11 is 0. The molecule has 1 heterocycles. The summed E-state index contributed by atoms with van der Waals surface area (Å²) in [5.74, 6) is 1.26. The molecule has 0 atom stereocenters. The van der Waals surface area contributed by atoms with Crippen molar-refractivity contribution in [1.82, 2.24) is 15.1 Å². The fraction of sp³-hybridized carbons (Fsp3) is 0.429. The van der Waals surface area contributed by atoms with E-state index in [1.807, 2.05) is 18.2 Å². The summed E-state index contributed by atoms with van der Waals surface area (Å²) in [5.41, 5.74) is 6.86. The molecule has 102 valence electrons. The van der Waals surface area contributed by atoms with Gasteiger partial charge in [-0.2, -0.15) is 0 Å². The number of aryl methyl sites for hydroxylation is 1. The maximum absolute atomic E-state index is 5.59. The number of aromatic nitrogens is 2. The molecule has 5 heteroatoms. The summed E-state index contributed by atoms with van der Waals surface area (Å²) in [6.45, 7) is 4.94. The van der Waals surface area contributed by atoms with Gasteiger partial charge < -0.3 is 10.2 Å². The van der Waals surface area contributed by atoms with E-state index < -0.39 is 0 Å². The van der Waals surface area contributed by atoms with E-state index in [2.05, 4.69) is 27.2 Å². The van der Waals surface area contributed by atoms with Gasteiger partial charge in [0.15, 0.2) is 0 Å². The second kappa shape index (κ2) is 7.01. The fourth-order valence-corrected chi connectivity index (χ4v) is 1.96. The van der Waals surface area contributed by atoms with Crippen LogP contribution in [0.4, 0.5) is 0 Å². The molecule has 0 spiro atoms. The molecule has 2 aromatic rings. The molecule has 0 bridgehead atoms. The van der Waals surface area contributed by atoms with Crippen molar-refractivity contribution >= 4 is 0 Å². The van der Waals surface area contributed by atoms with Gasteiger partial charge in [-0.3, -0.25) is 4.90 Å². The first-order valence-electron chi connectivity index (χ1n) is 6.53. The van der Waals surface area contributed by atoms with Crippen LogP contribution in [0.5, 0.6) is 0 Å². The highest BCUT2D eigenvalue weighted by Crippen LogP contribution is 2.09. The molecule has 2 rings (SSSR count). The Balaban J connectivity index is 1.99. The van der Waals surface area contributed by atoms with Gasteiger partial charge in [0, 0.05) is 20.0 Å². The highest BCUT2D eigenvalue weighted by Gasteiger charge is 2.10. The van der Waals surface area contributed by atoms with E-state index in [1.165, 1.54) is 5.56 Å². The molecule has 0 saturated carbocycles. The Morgan fingerprint density at radius 3 is 2.58 bits per heavy atom. The Morgan fingerprint density at radius 1 is 1.16 bits per heavy atom. The smallest absolute Gasteiger partial charge is 0.230 e. The van der Waals surface area contributed by atoms with E-state index in [0.29, 0.717) is 24.9 Å². The standard InChI is InChI=1S/C14H20N4O/c1-12-16-17-14(19-12)11-18(9-5-8-15)10-13-6-3-2-4-7-13/h2-4,6-7H,5,8-11,15H2,1H3. The topological polar surface area (TPSA) is 68.2 Å². The second-order valence-corrected chi connectivity index (χ2v) is 4.55. The predicted molar refractivity (Wildman–Crippen MR) is 73.3 cm³/mol. The highest BCUT2D eigenvalue weighted by atomic mass is 16.4. The minimum absolute atomic E-state index is 0.605. The molecule has 19 heavy (non-hydrogen) atoms. The van der Waals surface area contributed by atoms with Crippen molar-refractivity contribution in [3.8, 4) is 0 Å². The molecule has 0 aliphatic heterocycles. The van der Waals surface area contributed by atoms with Crippen LogP contribution in [0.3, 0.4) is 0 Å². The quantitative estimate of drug-likeness (QED) is 0.821. The SMILES string of the molecule is Cc1nnc(CN(CCCN)Cc2ccccc2)o1. The second-order valence-electron chi connectivity index (χ2n) is 4.55. The molecule has 0 fully saturated rings. The third-order valence-electron chi connectivity index (χ3n) is 2.85. The predicted octanol–water partition coefficient (Wildman–Crippen LogP) is 1.73. The van der Waals surface area contributed by atoms with Crippen LogP contribution in [0.2, 0.25) is 0 Å². The Kier molecular flexibility index (Phi) is 5.06. The third-order valence-corrected chi connectivity index (χ3v) is 2.85. The van der Waals surface area contributed by atoms with E-state index in [1.54, 1.807) is 6.92 Å². The van der Waals surface area contributed by atoms with Crippen molar-refractivity contribution in [3.05, 3.63) is 47.7 Å². The fourth-order valence-electron chi connectivity index (χ4n) is 1.96. The first-order valence-corrected chi connectivity index (χ1v) is 6.53. The largest absolute Gasteiger partial charge is 0.424 e. The first-order chi connectivity index (χ1) is 9.28. The minimum Gasteiger partial charge on any atom is -0.424 e. The summed E-state index contributed by atoms with van der Waals surface area (Å²) in [6.07, 6.45) is 0.958. The molecule has 5 nitrogen and oxygen atoms in total. The van der Waals surface area contributed by atoms with Crippen LogP contribution >= 0.6 is 0 Å². The molecular formula is C14H20N4O. The van der Waals surface area contributed by atoms with Crippen molar-refractivity contribution in [2.45, 2.75) is 26.4 Å². The molecular weight excluding hydrogens is 240 g/mol. The number of hydrogen-bond donors (Lipinski definition) is 1. The maximum Gasteiger partial charge on any atom is 0.230 e. The van der Waals surface area contributed by atoms with Crippen molar-refractivity contribution in [2.75, 3.05) is 13.1 Å². The average molecular weight is 260 g/mol. The van der Waals surface area contributed by atoms with Crippen LogP contribution in [-0.2, 0) is 13.1 Å². The molecule has 0 amide bonds. The number of nitrogens with zero attached hydrogens (tertiary/aromatic N) is 3. The molecule has 0 saturated heterocycles. The monoisotopic (exact) mass is 260 g/mol. The van der Waals surface area contributed by atoms with Gasteiger partial charge in [0.1, 0.15) is 0 Å². The summed E-state index contributed by atoms with van der Waals surface area (Å²) < 4.78 is 5.44. The third kappa shape index (κ3) is 4.46. The van der Waals surface area contributed by atoms with Crippen LogP contribution in [0.25, 0.3) is 0 Å². The van der Waals surface area contributed by atoms with E-state index in [9.17, 15) is 0 Å². The zero-order valence-electron chi connectivity index (χ0n) is 11.2. The van der Waals surface area contributed by atoms with E-state index >= 15 is 0 Å². The van der Waals surface area contributed by atoms with Crippen LogP contribution < -0.4 is 5.73 Å².